The van der Waals surface area contributed by atoms with Gasteiger partial charge < -0.3 is 10.8 Å². The minimum Gasteiger partial charge on any atom is -0.478 e. The average molecular weight is 282 g/mol. The van der Waals surface area contributed by atoms with Gasteiger partial charge in [0.2, 0.25) is 0 Å². The zero-order chi connectivity index (χ0) is 13.3. The van der Waals surface area contributed by atoms with Gasteiger partial charge in [0.25, 0.3) is 0 Å². The van der Waals surface area contributed by atoms with Crippen LogP contribution in [0.1, 0.15) is 10.4 Å². The zero-order valence-corrected chi connectivity index (χ0v) is 10.7. The van der Waals surface area contributed by atoms with E-state index in [1.54, 1.807) is 24.3 Å². The molecular formula is C13H9Cl2NO2. The van der Waals surface area contributed by atoms with Gasteiger partial charge in [0.1, 0.15) is 0 Å². The number of aromatic carboxylic acids is 1. The summed E-state index contributed by atoms with van der Waals surface area (Å²) in [5.41, 5.74) is 7.19. The summed E-state index contributed by atoms with van der Waals surface area (Å²) < 4.78 is 0. The largest absolute Gasteiger partial charge is 0.478 e. The average Bonchev–Trinajstić information content (AvgIpc) is 2.33. The van der Waals surface area contributed by atoms with Crippen molar-refractivity contribution in [3.05, 3.63) is 52.0 Å². The van der Waals surface area contributed by atoms with Gasteiger partial charge in [-0.15, -0.1) is 0 Å². The van der Waals surface area contributed by atoms with Gasteiger partial charge in [0.15, 0.2) is 0 Å². The summed E-state index contributed by atoms with van der Waals surface area (Å²) in [7, 11) is 0. The standard InChI is InChI=1S/C13H9Cl2NO2/c14-8-2-3-11(15)9(6-8)7-1-4-12(16)10(5-7)13(17)18/h1-6H,16H2,(H,17,18). The lowest BCUT2D eigenvalue weighted by Crippen LogP contribution is -2.02. The molecule has 0 aliphatic rings. The molecule has 0 aliphatic carbocycles. The Labute approximate surface area is 114 Å². The van der Waals surface area contributed by atoms with Gasteiger partial charge in [-0.2, -0.15) is 0 Å². The molecule has 0 saturated carbocycles. The van der Waals surface area contributed by atoms with Gasteiger partial charge in [0, 0.05) is 21.3 Å². The molecule has 0 radical (unpaired) electrons. The maximum absolute atomic E-state index is 11.0. The Morgan fingerprint density at radius 3 is 2.50 bits per heavy atom. The smallest absolute Gasteiger partial charge is 0.337 e. The third-order valence-electron chi connectivity index (χ3n) is 2.52. The van der Waals surface area contributed by atoms with Crippen LogP contribution in [0.5, 0.6) is 0 Å². The molecule has 0 aromatic heterocycles. The molecule has 3 N–H and O–H groups in total. The van der Waals surface area contributed by atoms with E-state index in [1.807, 2.05) is 0 Å². The van der Waals surface area contributed by atoms with Gasteiger partial charge >= 0.3 is 5.97 Å². The summed E-state index contributed by atoms with van der Waals surface area (Å²) in [4.78, 5) is 11.0. The van der Waals surface area contributed by atoms with E-state index in [4.69, 9.17) is 34.0 Å². The second-order valence-corrected chi connectivity index (χ2v) is 4.57. The van der Waals surface area contributed by atoms with Crippen LogP contribution < -0.4 is 5.73 Å². The van der Waals surface area contributed by atoms with Gasteiger partial charge in [-0.3, -0.25) is 0 Å². The first-order valence-electron chi connectivity index (χ1n) is 5.07. The molecular weight excluding hydrogens is 273 g/mol. The van der Waals surface area contributed by atoms with E-state index in [-0.39, 0.29) is 11.3 Å². The zero-order valence-electron chi connectivity index (χ0n) is 9.15. The molecule has 2 aromatic rings. The van der Waals surface area contributed by atoms with Crippen LogP contribution >= 0.6 is 23.2 Å². The molecule has 2 rings (SSSR count). The fraction of sp³-hybridized carbons (Fsp3) is 0. The lowest BCUT2D eigenvalue weighted by atomic mass is 10.0. The summed E-state index contributed by atoms with van der Waals surface area (Å²) in [6, 6.07) is 9.74. The van der Waals surface area contributed by atoms with Gasteiger partial charge in [-0.25, -0.2) is 4.79 Å². The molecule has 5 heteroatoms. The highest BCUT2D eigenvalue weighted by molar-refractivity contribution is 6.35. The number of carbonyl (C=O) groups is 1. The number of carboxylic acid groups (broad SMARTS) is 1. The number of benzene rings is 2. The molecule has 0 bridgehead atoms. The van der Waals surface area contributed by atoms with Crippen molar-refractivity contribution in [3.63, 3.8) is 0 Å². The number of nitrogen functional groups attached to an aromatic ring is 1. The highest BCUT2D eigenvalue weighted by Crippen LogP contribution is 2.32. The first-order chi connectivity index (χ1) is 8.49. The number of halogens is 2. The topological polar surface area (TPSA) is 63.3 Å². The second kappa shape index (κ2) is 4.88. The Bertz CT molecular complexity index is 626. The van der Waals surface area contributed by atoms with Crippen LogP contribution in [0.2, 0.25) is 10.0 Å². The molecule has 0 unspecified atom stereocenters. The molecule has 0 saturated heterocycles. The van der Waals surface area contributed by atoms with Crippen molar-refractivity contribution >= 4 is 34.9 Å². The molecule has 0 atom stereocenters. The van der Waals surface area contributed by atoms with Crippen LogP contribution in [0.25, 0.3) is 11.1 Å². The highest BCUT2D eigenvalue weighted by Gasteiger charge is 2.11. The summed E-state index contributed by atoms with van der Waals surface area (Å²) >= 11 is 12.0. The van der Waals surface area contributed by atoms with Crippen molar-refractivity contribution in [1.29, 1.82) is 0 Å². The van der Waals surface area contributed by atoms with Crippen molar-refractivity contribution < 1.29 is 9.90 Å². The maximum Gasteiger partial charge on any atom is 0.337 e. The molecule has 0 aliphatic heterocycles. The summed E-state index contributed by atoms with van der Waals surface area (Å²) in [6.07, 6.45) is 0. The lowest BCUT2D eigenvalue weighted by molar-refractivity contribution is 0.0698. The molecule has 3 nitrogen and oxygen atoms in total. The first-order valence-corrected chi connectivity index (χ1v) is 5.83. The normalized spacial score (nSPS) is 10.3. The number of nitrogens with two attached hydrogens (primary N) is 1. The van der Waals surface area contributed by atoms with E-state index in [9.17, 15) is 4.79 Å². The van der Waals surface area contributed by atoms with Crippen molar-refractivity contribution in [2.24, 2.45) is 0 Å². The second-order valence-electron chi connectivity index (χ2n) is 3.73. The highest BCUT2D eigenvalue weighted by atomic mass is 35.5. The van der Waals surface area contributed by atoms with Crippen LogP contribution in [-0.4, -0.2) is 11.1 Å². The minimum atomic E-state index is -1.08. The molecule has 2 aromatic carbocycles. The Kier molecular flexibility index (Phi) is 3.45. The van der Waals surface area contributed by atoms with Crippen LogP contribution in [0.4, 0.5) is 5.69 Å². The number of anilines is 1. The van der Waals surface area contributed by atoms with Gasteiger partial charge in [-0.05, 0) is 35.9 Å². The third-order valence-corrected chi connectivity index (χ3v) is 3.09. The number of carboxylic acids is 1. The van der Waals surface area contributed by atoms with Crippen LogP contribution in [0.15, 0.2) is 36.4 Å². The van der Waals surface area contributed by atoms with Crippen LogP contribution in [-0.2, 0) is 0 Å². The number of hydrogen-bond acceptors (Lipinski definition) is 2. The fourth-order valence-electron chi connectivity index (χ4n) is 1.63. The van der Waals surface area contributed by atoms with E-state index in [0.717, 1.165) is 0 Å². The van der Waals surface area contributed by atoms with Gasteiger partial charge in [0.05, 0.1) is 5.56 Å². The monoisotopic (exact) mass is 281 g/mol. The Balaban J connectivity index is 2.61. The van der Waals surface area contributed by atoms with E-state index < -0.39 is 5.97 Å². The predicted octanol–water partition coefficient (Wildman–Crippen LogP) is 3.94. The van der Waals surface area contributed by atoms with Crippen LogP contribution in [0, 0.1) is 0 Å². The quantitative estimate of drug-likeness (QED) is 0.820. The van der Waals surface area contributed by atoms with Gasteiger partial charge in [-0.1, -0.05) is 29.3 Å². The van der Waals surface area contributed by atoms with E-state index >= 15 is 0 Å². The van der Waals surface area contributed by atoms with E-state index in [1.165, 1.54) is 12.1 Å². The lowest BCUT2D eigenvalue weighted by Gasteiger charge is -2.08. The molecule has 0 heterocycles. The van der Waals surface area contributed by atoms with Crippen molar-refractivity contribution in [3.8, 4) is 11.1 Å². The SMILES string of the molecule is Nc1ccc(-c2cc(Cl)ccc2Cl)cc1C(=O)O. The summed E-state index contributed by atoms with van der Waals surface area (Å²) in [6.45, 7) is 0. The maximum atomic E-state index is 11.0. The predicted molar refractivity (Wildman–Crippen MR) is 73.3 cm³/mol. The third kappa shape index (κ3) is 2.42. The Morgan fingerprint density at radius 1 is 1.11 bits per heavy atom. The molecule has 0 amide bonds. The number of rotatable bonds is 2. The van der Waals surface area contributed by atoms with Crippen LogP contribution in [0.3, 0.4) is 0 Å². The van der Waals surface area contributed by atoms with E-state index in [0.29, 0.717) is 21.2 Å². The van der Waals surface area contributed by atoms with E-state index in [2.05, 4.69) is 0 Å². The van der Waals surface area contributed by atoms with Crippen molar-refractivity contribution in [2.45, 2.75) is 0 Å². The minimum absolute atomic E-state index is 0.0449. The van der Waals surface area contributed by atoms with Crippen molar-refractivity contribution in [2.75, 3.05) is 5.73 Å². The number of hydrogen-bond donors (Lipinski definition) is 2. The van der Waals surface area contributed by atoms with Crippen molar-refractivity contribution in [1.82, 2.24) is 0 Å². The molecule has 92 valence electrons. The molecule has 0 spiro atoms. The summed E-state index contributed by atoms with van der Waals surface area (Å²) in [5.74, 6) is -1.08. The Morgan fingerprint density at radius 2 is 1.83 bits per heavy atom. The molecule has 18 heavy (non-hydrogen) atoms. The first kappa shape index (κ1) is 12.7. The Hall–Kier alpha value is -1.71. The summed E-state index contributed by atoms with van der Waals surface area (Å²) in [5, 5.41) is 10.1. The fourth-order valence-corrected chi connectivity index (χ4v) is 2.03. The molecule has 0 fully saturated rings.